The highest BCUT2D eigenvalue weighted by Crippen LogP contribution is 2.64. The van der Waals surface area contributed by atoms with Crippen molar-refractivity contribution in [3.8, 4) is 34.4 Å². The minimum absolute atomic E-state index is 0.0996. The second kappa shape index (κ2) is 7.66. The van der Waals surface area contributed by atoms with Crippen LogP contribution in [-0.2, 0) is 16.2 Å². The Morgan fingerprint density at radius 1 is 0.632 bits per heavy atom. The molecule has 6 rings (SSSR count). The largest absolute Gasteiger partial charge is 0.205 e. The maximum atomic E-state index is 16.2. The minimum atomic E-state index is -0.862. The third-order valence-electron chi connectivity index (χ3n) is 8.35. The van der Waals surface area contributed by atoms with Gasteiger partial charge in [-0.3, -0.25) is 0 Å². The molecular weight excluding hydrogens is 467 g/mol. The zero-order chi connectivity index (χ0) is 27.2. The van der Waals surface area contributed by atoms with Crippen LogP contribution in [0.3, 0.4) is 0 Å². The number of fused-ring (bicyclic) bond motifs is 10. The van der Waals surface area contributed by atoms with Crippen LogP contribution in [-0.4, -0.2) is 0 Å². The lowest BCUT2D eigenvalue weighted by Crippen LogP contribution is -2.28. The van der Waals surface area contributed by atoms with Gasteiger partial charge in [-0.1, -0.05) is 102 Å². The number of hydrogen-bond donors (Lipinski definition) is 0. The molecule has 0 fully saturated rings. The smallest absolute Gasteiger partial charge is 0.149 e. The second-order valence-electron chi connectivity index (χ2n) is 12.6. The summed E-state index contributed by atoms with van der Waals surface area (Å²) in [5.74, 6) is -0.556. The molecule has 1 spiro atoms. The molecule has 3 heteroatoms. The summed E-state index contributed by atoms with van der Waals surface area (Å²) in [6.45, 7) is 13.2. The lowest BCUT2D eigenvalue weighted by Gasteiger charge is -2.33. The topological polar surface area (TPSA) is 47.6 Å². The number of rotatable bonds is 0. The van der Waals surface area contributed by atoms with Gasteiger partial charge >= 0.3 is 0 Å². The molecule has 4 aromatic rings. The predicted octanol–water partition coefficient (Wildman–Crippen LogP) is 8.51. The average molecular weight is 497 g/mol. The monoisotopic (exact) mass is 496 g/mol. The van der Waals surface area contributed by atoms with E-state index in [1.165, 1.54) is 17.2 Å². The first-order valence-corrected chi connectivity index (χ1v) is 13.0. The molecule has 2 aliphatic rings. The zero-order valence-electron chi connectivity index (χ0n) is 22.6. The van der Waals surface area contributed by atoms with Crippen molar-refractivity contribution in [2.24, 2.45) is 0 Å². The van der Waals surface area contributed by atoms with Gasteiger partial charge in [0.2, 0.25) is 0 Å². The molecule has 0 aliphatic heterocycles. The maximum absolute atomic E-state index is 16.2. The molecule has 0 aromatic heterocycles. The second-order valence-corrected chi connectivity index (χ2v) is 12.6. The molecule has 0 bridgehead atoms. The fourth-order valence-electron chi connectivity index (χ4n) is 6.45. The van der Waals surface area contributed by atoms with Crippen molar-refractivity contribution in [3.05, 3.63) is 117 Å². The Kier molecular flexibility index (Phi) is 4.86. The molecule has 0 amide bonds. The number of benzene rings is 4. The van der Waals surface area contributed by atoms with Crippen LogP contribution >= 0.6 is 0 Å². The summed E-state index contributed by atoms with van der Waals surface area (Å²) in [6.07, 6.45) is 0. The Hall–Kier alpha value is -4.21. The Bertz CT molecular complexity index is 1700. The number of halogens is 1. The molecule has 186 valence electrons. The van der Waals surface area contributed by atoms with E-state index in [9.17, 15) is 10.5 Å². The minimum Gasteiger partial charge on any atom is -0.205 e. The van der Waals surface area contributed by atoms with E-state index in [1.54, 1.807) is 0 Å². The number of nitrogens with zero attached hydrogens (tertiary/aromatic N) is 2. The van der Waals surface area contributed by atoms with E-state index in [1.807, 2.05) is 24.3 Å². The summed E-state index contributed by atoms with van der Waals surface area (Å²) in [5, 5.41) is 20.2. The van der Waals surface area contributed by atoms with E-state index in [0.717, 1.165) is 33.4 Å². The van der Waals surface area contributed by atoms with Crippen LogP contribution in [0.25, 0.3) is 22.3 Å². The first-order valence-electron chi connectivity index (χ1n) is 13.0. The Morgan fingerprint density at radius 2 is 1.16 bits per heavy atom. The van der Waals surface area contributed by atoms with Gasteiger partial charge in [-0.2, -0.15) is 10.5 Å². The van der Waals surface area contributed by atoms with Gasteiger partial charge in [0, 0.05) is 11.1 Å². The lowest BCUT2D eigenvalue weighted by molar-refractivity contribution is 0.586. The summed E-state index contributed by atoms with van der Waals surface area (Å²) in [5.41, 5.74) is 8.60. The lowest BCUT2D eigenvalue weighted by atomic mass is 9.67. The van der Waals surface area contributed by atoms with Crippen LogP contribution in [0.2, 0.25) is 0 Å². The maximum Gasteiger partial charge on any atom is 0.149 e. The molecule has 2 nitrogen and oxygen atoms in total. The van der Waals surface area contributed by atoms with Crippen molar-refractivity contribution in [2.75, 3.05) is 0 Å². The van der Waals surface area contributed by atoms with Crippen molar-refractivity contribution >= 4 is 0 Å². The molecule has 4 aromatic carbocycles. The predicted molar refractivity (Wildman–Crippen MR) is 150 cm³/mol. The van der Waals surface area contributed by atoms with Crippen LogP contribution in [0.1, 0.15) is 86.1 Å². The quantitative estimate of drug-likeness (QED) is 0.212. The van der Waals surface area contributed by atoms with Crippen LogP contribution in [0.5, 0.6) is 0 Å². The van der Waals surface area contributed by atoms with Gasteiger partial charge in [-0.25, -0.2) is 4.39 Å². The van der Waals surface area contributed by atoms with Crippen LogP contribution in [0, 0.1) is 28.5 Å². The van der Waals surface area contributed by atoms with E-state index >= 15 is 4.39 Å². The SMILES string of the molecule is CC(C)(C)c1ccc2c(c1)C1(c3cc(C(C)(C)C)ccc3-2)c2ccccc2-c2c(F)c(C#N)cc(C#N)c21. The molecule has 38 heavy (non-hydrogen) atoms. The molecule has 0 atom stereocenters. The van der Waals surface area contributed by atoms with Gasteiger partial charge in [-0.05, 0) is 61.4 Å². The van der Waals surface area contributed by atoms with Crippen LogP contribution in [0.15, 0.2) is 66.7 Å². The highest BCUT2D eigenvalue weighted by molar-refractivity contribution is 5.97. The van der Waals surface area contributed by atoms with Gasteiger partial charge in [0.15, 0.2) is 0 Å². The average Bonchev–Trinajstić information content (AvgIpc) is 3.35. The third-order valence-corrected chi connectivity index (χ3v) is 8.35. The first kappa shape index (κ1) is 24.1. The standard InChI is InChI=1S/C35H29FN2/c1-33(2,3)22-11-13-24-25-14-12-23(34(4,5)6)17-29(25)35(28(24)16-22)27-10-8-7-9-26(27)30-31(35)20(18-37)15-21(19-38)32(30)36/h7-17H,1-6H3. The molecule has 0 unspecified atom stereocenters. The van der Waals surface area contributed by atoms with Crippen molar-refractivity contribution < 1.29 is 4.39 Å². The third kappa shape index (κ3) is 2.97. The zero-order valence-corrected chi connectivity index (χ0v) is 22.6. The molecule has 0 radical (unpaired) electrons. The van der Waals surface area contributed by atoms with E-state index in [-0.39, 0.29) is 16.4 Å². The first-order chi connectivity index (χ1) is 17.9. The summed E-state index contributed by atoms with van der Waals surface area (Å²) < 4.78 is 16.2. The molecular formula is C35H29FN2. The number of nitriles is 2. The fourth-order valence-corrected chi connectivity index (χ4v) is 6.45. The molecule has 0 heterocycles. The highest BCUT2D eigenvalue weighted by atomic mass is 19.1. The van der Waals surface area contributed by atoms with Crippen molar-refractivity contribution in [2.45, 2.75) is 57.8 Å². The van der Waals surface area contributed by atoms with Gasteiger partial charge in [0.05, 0.1) is 22.6 Å². The van der Waals surface area contributed by atoms with Gasteiger partial charge in [0.1, 0.15) is 11.9 Å². The fraction of sp³-hybridized carbons (Fsp3) is 0.257. The highest BCUT2D eigenvalue weighted by Gasteiger charge is 2.54. The van der Waals surface area contributed by atoms with Gasteiger partial charge in [-0.15, -0.1) is 0 Å². The summed E-state index contributed by atoms with van der Waals surface area (Å²) >= 11 is 0. The number of hydrogen-bond acceptors (Lipinski definition) is 2. The Labute approximate surface area is 224 Å². The van der Waals surface area contributed by atoms with Crippen molar-refractivity contribution in [1.29, 1.82) is 10.5 Å². The Morgan fingerprint density at radius 3 is 1.66 bits per heavy atom. The normalized spacial score (nSPS) is 14.3. The van der Waals surface area contributed by atoms with Crippen molar-refractivity contribution in [1.82, 2.24) is 0 Å². The molecule has 0 N–H and O–H groups in total. The molecule has 0 saturated carbocycles. The van der Waals surface area contributed by atoms with Crippen molar-refractivity contribution in [3.63, 3.8) is 0 Å². The molecule has 2 aliphatic carbocycles. The van der Waals surface area contributed by atoms with E-state index < -0.39 is 11.2 Å². The Balaban J connectivity index is 1.88. The summed E-state index contributed by atoms with van der Waals surface area (Å²) in [4.78, 5) is 0. The molecule has 0 saturated heterocycles. The van der Waals surface area contributed by atoms with Gasteiger partial charge < -0.3 is 0 Å². The van der Waals surface area contributed by atoms with Gasteiger partial charge in [0.25, 0.3) is 0 Å². The van der Waals surface area contributed by atoms with Crippen LogP contribution < -0.4 is 0 Å². The summed E-state index contributed by atoms with van der Waals surface area (Å²) in [7, 11) is 0. The van der Waals surface area contributed by atoms with E-state index in [4.69, 9.17) is 0 Å². The summed E-state index contributed by atoms with van der Waals surface area (Å²) in [6, 6.07) is 26.9. The van der Waals surface area contributed by atoms with E-state index in [0.29, 0.717) is 16.7 Å². The van der Waals surface area contributed by atoms with E-state index in [2.05, 4.69) is 90.1 Å². The van der Waals surface area contributed by atoms with Crippen LogP contribution in [0.4, 0.5) is 4.39 Å².